The van der Waals surface area contributed by atoms with E-state index >= 15 is 0 Å². The maximum absolute atomic E-state index is 5.69. The number of hydrogen-bond acceptors (Lipinski definition) is 5. The lowest BCUT2D eigenvalue weighted by atomic mass is 10.2. The molecule has 7 nitrogen and oxygen atoms in total. The van der Waals surface area contributed by atoms with Crippen molar-refractivity contribution >= 4 is 5.96 Å². The molecular formula is C19H39N5O2. The molecule has 0 aromatic rings. The van der Waals surface area contributed by atoms with Gasteiger partial charge in [-0.25, -0.2) is 0 Å². The molecule has 0 aromatic carbocycles. The van der Waals surface area contributed by atoms with Crippen LogP contribution in [0.15, 0.2) is 4.99 Å². The van der Waals surface area contributed by atoms with Gasteiger partial charge in [0.15, 0.2) is 5.96 Å². The number of rotatable bonds is 10. The van der Waals surface area contributed by atoms with Gasteiger partial charge in [-0.2, -0.15) is 0 Å². The third kappa shape index (κ3) is 7.78. The van der Waals surface area contributed by atoms with Crippen LogP contribution in [0.2, 0.25) is 0 Å². The maximum Gasteiger partial charge on any atom is 0.191 e. The minimum atomic E-state index is 0.318. The molecule has 152 valence electrons. The lowest BCUT2D eigenvalue weighted by Gasteiger charge is -2.37. The van der Waals surface area contributed by atoms with Gasteiger partial charge >= 0.3 is 0 Å². The summed E-state index contributed by atoms with van der Waals surface area (Å²) in [6.45, 7) is 14.5. The van der Waals surface area contributed by atoms with Crippen molar-refractivity contribution in [1.82, 2.24) is 20.4 Å². The molecule has 0 amide bonds. The first-order chi connectivity index (χ1) is 12.7. The zero-order valence-corrected chi connectivity index (χ0v) is 17.0. The lowest BCUT2D eigenvalue weighted by molar-refractivity contribution is 0.0168. The first-order valence-electron chi connectivity index (χ1n) is 10.3. The third-order valence-corrected chi connectivity index (χ3v) is 5.35. The molecule has 0 aliphatic carbocycles. The number of nitrogens with zero attached hydrogens (tertiary/aromatic N) is 3. The van der Waals surface area contributed by atoms with E-state index in [1.54, 1.807) is 0 Å². The smallest absolute Gasteiger partial charge is 0.191 e. The number of aliphatic imine (C=N–C) groups is 1. The van der Waals surface area contributed by atoms with Crippen molar-refractivity contribution in [2.45, 2.75) is 45.3 Å². The molecular weight excluding hydrogens is 330 g/mol. The Morgan fingerprint density at radius 1 is 1.27 bits per heavy atom. The minimum Gasteiger partial charge on any atom is -0.379 e. The van der Waals surface area contributed by atoms with Crippen molar-refractivity contribution in [2.75, 3.05) is 72.7 Å². The van der Waals surface area contributed by atoms with E-state index in [0.717, 1.165) is 71.3 Å². The van der Waals surface area contributed by atoms with E-state index in [0.29, 0.717) is 12.1 Å². The molecule has 2 aliphatic heterocycles. The Kier molecular flexibility index (Phi) is 10.3. The molecule has 2 saturated heterocycles. The molecule has 0 spiro atoms. The molecule has 2 N–H and O–H groups in total. The SMILES string of the molecule is CCN1CCN(C(C)CNC(=NC)NCCCOCC2CCCO2)CC1. The van der Waals surface area contributed by atoms with E-state index in [4.69, 9.17) is 9.47 Å². The molecule has 0 aromatic heterocycles. The highest BCUT2D eigenvalue weighted by Gasteiger charge is 2.20. The first-order valence-corrected chi connectivity index (χ1v) is 10.3. The summed E-state index contributed by atoms with van der Waals surface area (Å²) in [4.78, 5) is 9.39. The standard InChI is InChI=1S/C19H39N5O2/c1-4-23-9-11-24(12-10-23)17(2)15-22-19(20-3)21-8-6-13-25-16-18-7-5-14-26-18/h17-18H,4-16H2,1-3H3,(H2,20,21,22). The zero-order chi connectivity index (χ0) is 18.6. The van der Waals surface area contributed by atoms with Crippen LogP contribution in [0, 0.1) is 0 Å². The van der Waals surface area contributed by atoms with Crippen LogP contribution in [-0.2, 0) is 9.47 Å². The maximum atomic E-state index is 5.69. The number of guanidine groups is 1. The molecule has 2 atom stereocenters. The van der Waals surface area contributed by atoms with E-state index in [9.17, 15) is 0 Å². The number of hydrogen-bond donors (Lipinski definition) is 2. The average molecular weight is 370 g/mol. The summed E-state index contributed by atoms with van der Waals surface area (Å²) in [6, 6.07) is 0.516. The lowest BCUT2D eigenvalue weighted by Crippen LogP contribution is -2.53. The van der Waals surface area contributed by atoms with E-state index in [-0.39, 0.29) is 0 Å². The van der Waals surface area contributed by atoms with Gasteiger partial charge in [-0.05, 0) is 32.7 Å². The van der Waals surface area contributed by atoms with E-state index in [2.05, 4.69) is 39.3 Å². The molecule has 2 fully saturated rings. The molecule has 0 bridgehead atoms. The van der Waals surface area contributed by atoms with Gasteiger partial charge in [0.25, 0.3) is 0 Å². The highest BCUT2D eigenvalue weighted by Crippen LogP contribution is 2.11. The number of piperazine rings is 1. The van der Waals surface area contributed by atoms with Crippen molar-refractivity contribution in [3.63, 3.8) is 0 Å². The summed E-state index contributed by atoms with van der Waals surface area (Å²) in [5.74, 6) is 0.878. The quantitative estimate of drug-likeness (QED) is 0.337. The fraction of sp³-hybridized carbons (Fsp3) is 0.947. The van der Waals surface area contributed by atoms with Gasteiger partial charge in [0.2, 0.25) is 0 Å². The van der Waals surface area contributed by atoms with Gasteiger partial charge in [-0.1, -0.05) is 6.92 Å². The van der Waals surface area contributed by atoms with Crippen molar-refractivity contribution < 1.29 is 9.47 Å². The Labute approximate surface area is 159 Å². The molecule has 2 aliphatic rings. The van der Waals surface area contributed by atoms with Crippen molar-refractivity contribution in [3.05, 3.63) is 0 Å². The predicted octanol–water partition coefficient (Wildman–Crippen LogP) is 0.763. The van der Waals surface area contributed by atoms with Crippen LogP contribution < -0.4 is 10.6 Å². The first kappa shape index (κ1) is 21.4. The van der Waals surface area contributed by atoms with Gasteiger partial charge in [0.05, 0.1) is 12.7 Å². The van der Waals surface area contributed by atoms with Crippen molar-refractivity contribution in [1.29, 1.82) is 0 Å². The van der Waals surface area contributed by atoms with Crippen molar-refractivity contribution in [2.24, 2.45) is 4.99 Å². The van der Waals surface area contributed by atoms with Gasteiger partial charge in [-0.3, -0.25) is 9.89 Å². The summed E-state index contributed by atoms with van der Waals surface area (Å²) in [5.41, 5.74) is 0. The minimum absolute atomic E-state index is 0.318. The van der Waals surface area contributed by atoms with Crippen LogP contribution >= 0.6 is 0 Å². The van der Waals surface area contributed by atoms with Gasteiger partial charge < -0.3 is 25.0 Å². The average Bonchev–Trinajstić information content (AvgIpc) is 3.20. The van der Waals surface area contributed by atoms with Crippen LogP contribution in [0.3, 0.4) is 0 Å². The van der Waals surface area contributed by atoms with Crippen molar-refractivity contribution in [3.8, 4) is 0 Å². The number of ether oxygens (including phenoxy) is 2. The Hall–Kier alpha value is -0.890. The number of likely N-dealkylation sites (N-methyl/N-ethyl adjacent to an activating group) is 1. The highest BCUT2D eigenvalue weighted by atomic mass is 16.5. The van der Waals surface area contributed by atoms with Gasteiger partial charge in [-0.15, -0.1) is 0 Å². The Bertz CT molecular complexity index is 393. The molecule has 26 heavy (non-hydrogen) atoms. The number of nitrogens with one attached hydrogen (secondary N) is 2. The monoisotopic (exact) mass is 369 g/mol. The largest absolute Gasteiger partial charge is 0.379 e. The summed E-state index contributed by atoms with van der Waals surface area (Å²) in [5, 5.41) is 6.82. The molecule has 2 heterocycles. The molecule has 0 saturated carbocycles. The Balaban J connectivity index is 1.50. The van der Waals surface area contributed by atoms with Gasteiger partial charge in [0, 0.05) is 65.6 Å². The summed E-state index contributed by atoms with van der Waals surface area (Å²) in [7, 11) is 1.83. The predicted molar refractivity (Wildman–Crippen MR) is 107 cm³/mol. The Morgan fingerprint density at radius 2 is 2.08 bits per heavy atom. The van der Waals surface area contributed by atoms with Crippen LogP contribution in [0.1, 0.15) is 33.1 Å². The molecule has 2 unspecified atom stereocenters. The summed E-state index contributed by atoms with van der Waals surface area (Å²) in [6.07, 6.45) is 3.60. The second-order valence-corrected chi connectivity index (χ2v) is 7.26. The highest BCUT2D eigenvalue weighted by molar-refractivity contribution is 5.79. The second-order valence-electron chi connectivity index (χ2n) is 7.26. The molecule has 7 heteroatoms. The van der Waals surface area contributed by atoms with Crippen LogP contribution in [0.4, 0.5) is 0 Å². The second kappa shape index (κ2) is 12.5. The van der Waals surface area contributed by atoms with Gasteiger partial charge in [0.1, 0.15) is 0 Å². The summed E-state index contributed by atoms with van der Waals surface area (Å²) >= 11 is 0. The van der Waals surface area contributed by atoms with Crippen LogP contribution in [0.5, 0.6) is 0 Å². The van der Waals surface area contributed by atoms with E-state index < -0.39 is 0 Å². The van der Waals surface area contributed by atoms with Crippen LogP contribution in [-0.4, -0.2) is 101 Å². The molecule has 2 rings (SSSR count). The topological polar surface area (TPSA) is 61.4 Å². The summed E-state index contributed by atoms with van der Waals surface area (Å²) < 4.78 is 11.2. The fourth-order valence-electron chi connectivity index (χ4n) is 3.49. The fourth-order valence-corrected chi connectivity index (χ4v) is 3.49. The molecule has 0 radical (unpaired) electrons. The van der Waals surface area contributed by atoms with E-state index in [1.165, 1.54) is 19.5 Å². The third-order valence-electron chi connectivity index (χ3n) is 5.35. The Morgan fingerprint density at radius 3 is 2.73 bits per heavy atom. The van der Waals surface area contributed by atoms with E-state index in [1.807, 2.05) is 7.05 Å². The normalized spacial score (nSPS) is 24.0. The zero-order valence-electron chi connectivity index (χ0n) is 17.0. The van der Waals surface area contributed by atoms with Crippen LogP contribution in [0.25, 0.3) is 0 Å².